The van der Waals surface area contributed by atoms with Crippen LogP contribution in [-0.4, -0.2) is 16.6 Å². The molecule has 0 saturated carbocycles. The van der Waals surface area contributed by atoms with Gasteiger partial charge in [-0.25, -0.2) is 0 Å². The van der Waals surface area contributed by atoms with Crippen LogP contribution in [0.2, 0.25) is 0 Å². The Morgan fingerprint density at radius 3 is 2.47 bits per heavy atom. The molecule has 0 atom stereocenters. The summed E-state index contributed by atoms with van der Waals surface area (Å²) in [5.74, 6) is 0. The van der Waals surface area contributed by atoms with Crippen molar-refractivity contribution < 1.29 is 0 Å². The van der Waals surface area contributed by atoms with Gasteiger partial charge in [-0.05, 0) is 17.7 Å². The van der Waals surface area contributed by atoms with Gasteiger partial charge in [-0.15, -0.1) is 22.8 Å². The van der Waals surface area contributed by atoms with Crippen LogP contribution in [0.3, 0.4) is 0 Å². The number of nitrogens with zero attached hydrogens (tertiary/aromatic N) is 2. The van der Waals surface area contributed by atoms with E-state index in [1.54, 1.807) is 6.92 Å². The number of hydrogen-bond donors (Lipinski definition) is 3. The highest BCUT2D eigenvalue weighted by Crippen LogP contribution is 2.19. The summed E-state index contributed by atoms with van der Waals surface area (Å²) in [5, 5.41) is 17.8. The molecule has 0 radical (unpaired) electrons. The molecular formula is C14H14N4S. The first-order valence-corrected chi connectivity index (χ1v) is 6.18. The molecule has 0 aliphatic carbocycles. The van der Waals surface area contributed by atoms with Crippen LogP contribution in [0.25, 0.3) is 10.8 Å². The number of benzene rings is 2. The predicted molar refractivity (Wildman–Crippen MR) is 84.5 cm³/mol. The van der Waals surface area contributed by atoms with Gasteiger partial charge in [0.1, 0.15) is 5.71 Å². The quantitative estimate of drug-likeness (QED) is 0.341. The Bertz CT molecular complexity index is 679. The fourth-order valence-electron chi connectivity index (χ4n) is 1.86. The summed E-state index contributed by atoms with van der Waals surface area (Å²) in [6.07, 6.45) is 0. The molecular weight excluding hydrogens is 256 g/mol. The third-order valence-electron chi connectivity index (χ3n) is 2.65. The Kier molecular flexibility index (Phi) is 3.97. The van der Waals surface area contributed by atoms with Crippen LogP contribution in [0, 0.1) is 5.41 Å². The number of hydrogen-bond acceptors (Lipinski definition) is 3. The lowest BCUT2D eigenvalue weighted by atomic mass is 9.99. The van der Waals surface area contributed by atoms with Crippen molar-refractivity contribution in [1.29, 1.82) is 5.41 Å². The zero-order valence-electron chi connectivity index (χ0n) is 10.5. The van der Waals surface area contributed by atoms with Crippen molar-refractivity contribution in [3.63, 3.8) is 0 Å². The average Bonchev–Trinajstić information content (AvgIpc) is 2.38. The van der Waals surface area contributed by atoms with Gasteiger partial charge in [0.2, 0.25) is 0 Å². The first kappa shape index (κ1) is 13.3. The van der Waals surface area contributed by atoms with Crippen molar-refractivity contribution in [3.05, 3.63) is 48.0 Å². The summed E-state index contributed by atoms with van der Waals surface area (Å²) in [7, 11) is 0. The van der Waals surface area contributed by atoms with Gasteiger partial charge in [-0.1, -0.05) is 42.5 Å². The summed E-state index contributed by atoms with van der Waals surface area (Å²) in [6.45, 7) is 1.67. The Morgan fingerprint density at radius 1 is 1.11 bits per heavy atom. The van der Waals surface area contributed by atoms with Crippen LogP contribution in [0.4, 0.5) is 0 Å². The highest BCUT2D eigenvalue weighted by atomic mass is 32.1. The normalized spacial score (nSPS) is 12.7. The molecule has 3 N–H and O–H groups in total. The van der Waals surface area contributed by atoms with E-state index in [0.717, 1.165) is 16.3 Å². The monoisotopic (exact) mass is 270 g/mol. The molecule has 19 heavy (non-hydrogen) atoms. The molecule has 0 unspecified atom stereocenters. The highest BCUT2D eigenvalue weighted by molar-refractivity contribution is 7.96. The number of thiol groups is 1. The summed E-state index contributed by atoms with van der Waals surface area (Å²) >= 11 is 3.88. The topological polar surface area (TPSA) is 74.6 Å². The van der Waals surface area contributed by atoms with E-state index in [2.05, 4.69) is 22.8 Å². The molecule has 2 aromatic carbocycles. The van der Waals surface area contributed by atoms with Crippen LogP contribution in [-0.2, 0) is 0 Å². The van der Waals surface area contributed by atoms with Gasteiger partial charge in [0.25, 0.3) is 0 Å². The van der Waals surface area contributed by atoms with E-state index in [1.807, 2.05) is 42.5 Å². The summed E-state index contributed by atoms with van der Waals surface area (Å²) < 4.78 is 0. The molecule has 0 aromatic heterocycles. The van der Waals surface area contributed by atoms with Crippen molar-refractivity contribution in [3.8, 4) is 0 Å². The maximum absolute atomic E-state index is 7.84. The molecule has 0 bridgehead atoms. The standard InChI is InChI=1S/C14H14N4S/c1-9(15)13(17-18-14(16)19)12-8-4-6-10-5-2-3-7-11(10)12/h2-8,15H,1H3,(H3,16,18,19)/b15-9?,17-13-. The zero-order chi connectivity index (χ0) is 13.8. The minimum absolute atomic E-state index is 0.0685. The molecule has 0 amide bonds. The molecule has 4 nitrogen and oxygen atoms in total. The molecule has 0 saturated heterocycles. The lowest BCUT2D eigenvalue weighted by Gasteiger charge is -2.07. The third kappa shape index (κ3) is 3.00. The molecule has 96 valence electrons. The van der Waals surface area contributed by atoms with Gasteiger partial charge in [0.05, 0.1) is 5.71 Å². The van der Waals surface area contributed by atoms with Gasteiger partial charge in [-0.3, -0.25) is 0 Å². The fraction of sp³-hybridized carbons (Fsp3) is 0.0714. The van der Waals surface area contributed by atoms with Crippen molar-refractivity contribution in [2.45, 2.75) is 6.92 Å². The molecule has 2 rings (SSSR count). The van der Waals surface area contributed by atoms with Crippen LogP contribution in [0.1, 0.15) is 12.5 Å². The van der Waals surface area contributed by atoms with Crippen molar-refractivity contribution in [2.75, 3.05) is 0 Å². The first-order chi connectivity index (χ1) is 9.09. The van der Waals surface area contributed by atoms with Gasteiger partial charge in [-0.2, -0.15) is 0 Å². The number of fused-ring (bicyclic) bond motifs is 1. The number of amidine groups is 1. The Labute approximate surface area is 117 Å². The molecule has 5 heteroatoms. The van der Waals surface area contributed by atoms with Crippen LogP contribution in [0.15, 0.2) is 52.7 Å². The Morgan fingerprint density at radius 2 is 1.79 bits per heavy atom. The van der Waals surface area contributed by atoms with E-state index in [1.165, 1.54) is 0 Å². The van der Waals surface area contributed by atoms with Crippen molar-refractivity contribution in [2.24, 2.45) is 15.9 Å². The second-order valence-electron chi connectivity index (χ2n) is 4.06. The minimum Gasteiger partial charge on any atom is -0.377 e. The maximum atomic E-state index is 7.84. The molecule has 0 spiro atoms. The summed E-state index contributed by atoms with van der Waals surface area (Å²) in [6, 6.07) is 13.8. The lowest BCUT2D eigenvalue weighted by molar-refractivity contribution is 1.24. The van der Waals surface area contributed by atoms with E-state index in [-0.39, 0.29) is 5.17 Å². The minimum atomic E-state index is 0.0685. The highest BCUT2D eigenvalue weighted by Gasteiger charge is 2.10. The fourth-order valence-corrected chi connectivity index (χ4v) is 1.91. The third-order valence-corrected chi connectivity index (χ3v) is 2.74. The second-order valence-corrected chi connectivity index (χ2v) is 4.52. The van der Waals surface area contributed by atoms with E-state index < -0.39 is 0 Å². The van der Waals surface area contributed by atoms with Crippen LogP contribution >= 0.6 is 12.6 Å². The molecule has 0 fully saturated rings. The summed E-state index contributed by atoms with van der Waals surface area (Å²) in [5.41, 5.74) is 7.06. The smallest absolute Gasteiger partial charge is 0.177 e. The largest absolute Gasteiger partial charge is 0.377 e. The van der Waals surface area contributed by atoms with Gasteiger partial charge in [0, 0.05) is 5.56 Å². The molecule has 0 aliphatic heterocycles. The molecule has 0 aliphatic rings. The number of nitrogens with one attached hydrogen (secondary N) is 1. The van der Waals surface area contributed by atoms with Crippen molar-refractivity contribution in [1.82, 2.24) is 0 Å². The number of rotatable bonds is 3. The van der Waals surface area contributed by atoms with Crippen LogP contribution < -0.4 is 5.73 Å². The van der Waals surface area contributed by atoms with E-state index >= 15 is 0 Å². The lowest BCUT2D eigenvalue weighted by Crippen LogP contribution is -2.12. The zero-order valence-corrected chi connectivity index (χ0v) is 11.4. The van der Waals surface area contributed by atoms with Gasteiger partial charge in [0.15, 0.2) is 5.17 Å². The van der Waals surface area contributed by atoms with Crippen molar-refractivity contribution >= 4 is 40.0 Å². The Balaban J connectivity index is 2.67. The SMILES string of the molecule is CC(=N)/C(=N/N=C(/N)S)c1cccc2ccccc12. The first-order valence-electron chi connectivity index (χ1n) is 5.73. The van der Waals surface area contributed by atoms with E-state index in [9.17, 15) is 0 Å². The van der Waals surface area contributed by atoms with E-state index in [0.29, 0.717) is 11.4 Å². The van der Waals surface area contributed by atoms with E-state index in [4.69, 9.17) is 11.1 Å². The second kappa shape index (κ2) is 5.67. The predicted octanol–water partition coefficient (Wildman–Crippen LogP) is 2.83. The maximum Gasteiger partial charge on any atom is 0.177 e. The molecule has 2 aromatic rings. The number of nitrogens with two attached hydrogens (primary N) is 1. The molecule has 0 heterocycles. The summed E-state index contributed by atoms with van der Waals surface area (Å²) in [4.78, 5) is 0. The van der Waals surface area contributed by atoms with Gasteiger partial charge >= 0.3 is 0 Å². The van der Waals surface area contributed by atoms with Gasteiger partial charge < -0.3 is 11.1 Å². The van der Waals surface area contributed by atoms with Crippen LogP contribution in [0.5, 0.6) is 0 Å². The average molecular weight is 270 g/mol. The Hall–Kier alpha value is -2.14.